The molecule has 3 heterocycles. The number of benzene rings is 1. The van der Waals surface area contributed by atoms with E-state index < -0.39 is 6.03 Å². The number of piperidine rings is 1. The fourth-order valence-electron chi connectivity index (χ4n) is 3.71. The lowest BCUT2D eigenvalue weighted by Gasteiger charge is -2.30. The molecule has 4 rings (SSSR count). The summed E-state index contributed by atoms with van der Waals surface area (Å²) in [7, 11) is 0. The molecule has 0 aliphatic carbocycles. The highest BCUT2D eigenvalue weighted by atomic mass is 32.1. The van der Waals surface area contributed by atoms with Gasteiger partial charge in [-0.15, -0.1) is 11.3 Å². The molecule has 1 atom stereocenters. The van der Waals surface area contributed by atoms with Crippen molar-refractivity contribution in [1.82, 2.24) is 10.2 Å². The Morgan fingerprint density at radius 3 is 3.03 bits per heavy atom. The number of amides is 2. The molecular weight excluding hydrogens is 386 g/mol. The molecule has 1 aromatic carbocycles. The van der Waals surface area contributed by atoms with Crippen LogP contribution in [0, 0.1) is 11.3 Å². The zero-order valence-corrected chi connectivity index (χ0v) is 17.0. The second kappa shape index (κ2) is 8.15. The van der Waals surface area contributed by atoms with Crippen LogP contribution in [0.1, 0.15) is 35.8 Å². The molecule has 7 nitrogen and oxygen atoms in total. The van der Waals surface area contributed by atoms with E-state index in [0.717, 1.165) is 53.5 Å². The highest BCUT2D eigenvalue weighted by molar-refractivity contribution is 7.10. The normalized spacial score (nSPS) is 18.8. The summed E-state index contributed by atoms with van der Waals surface area (Å²) >= 11 is 1.60. The molecule has 0 bridgehead atoms. The number of primary amides is 1. The summed E-state index contributed by atoms with van der Waals surface area (Å²) in [5.41, 5.74) is 9.53. The Hall–Kier alpha value is -3.02. The van der Waals surface area contributed by atoms with Crippen LogP contribution in [0.4, 0.5) is 10.5 Å². The van der Waals surface area contributed by atoms with Crippen LogP contribution in [0.2, 0.25) is 0 Å². The number of urea groups is 1. The van der Waals surface area contributed by atoms with Crippen molar-refractivity contribution in [2.75, 3.05) is 18.4 Å². The Morgan fingerprint density at radius 1 is 1.45 bits per heavy atom. The fourth-order valence-corrected chi connectivity index (χ4v) is 4.58. The highest BCUT2D eigenvalue weighted by Gasteiger charge is 2.27. The number of nitriles is 1. The molecule has 0 saturated carbocycles. The van der Waals surface area contributed by atoms with Gasteiger partial charge in [0.15, 0.2) is 0 Å². The monoisotopic (exact) mass is 409 g/mol. The second-order valence-electron chi connectivity index (χ2n) is 7.18. The molecule has 2 aliphatic heterocycles. The van der Waals surface area contributed by atoms with Gasteiger partial charge in [0.2, 0.25) is 0 Å². The zero-order valence-electron chi connectivity index (χ0n) is 16.2. The average Bonchev–Trinajstić information content (AvgIpc) is 3.20. The lowest BCUT2D eigenvalue weighted by atomic mass is 10.1. The number of carbonyl (C=O) groups excluding carboxylic acids is 1. The molecule has 4 N–H and O–H groups in total. The van der Waals surface area contributed by atoms with E-state index in [4.69, 9.17) is 10.5 Å². The number of thiophene rings is 1. The van der Waals surface area contributed by atoms with Crippen LogP contribution in [-0.4, -0.2) is 30.1 Å². The number of fused-ring (bicyclic) bond motifs is 1. The van der Waals surface area contributed by atoms with E-state index in [1.807, 2.05) is 24.4 Å². The van der Waals surface area contributed by atoms with Crippen LogP contribution < -0.4 is 21.1 Å². The summed E-state index contributed by atoms with van der Waals surface area (Å²) in [5, 5.41) is 18.1. The molecule has 2 aliphatic rings. The number of carbonyl (C=O) groups is 1. The van der Waals surface area contributed by atoms with Gasteiger partial charge >= 0.3 is 6.03 Å². The van der Waals surface area contributed by atoms with Crippen molar-refractivity contribution < 1.29 is 9.53 Å². The van der Waals surface area contributed by atoms with E-state index in [1.165, 1.54) is 0 Å². The Balaban J connectivity index is 1.70. The minimum absolute atomic E-state index is 0.0542. The smallest absolute Gasteiger partial charge is 0.319 e. The lowest BCUT2D eigenvalue weighted by Crippen LogP contribution is -2.37. The molecule has 2 aromatic rings. The van der Waals surface area contributed by atoms with Crippen molar-refractivity contribution >= 4 is 28.8 Å². The predicted octanol–water partition coefficient (Wildman–Crippen LogP) is 3.45. The topological polar surface area (TPSA) is 103 Å². The van der Waals surface area contributed by atoms with Crippen molar-refractivity contribution in [2.45, 2.75) is 32.4 Å². The SMILES string of the molecule is CC1=C(Nc2ccc(C#N)cc2OC2CCCNC2)c2ccsc2CN1C(N)=O. The highest BCUT2D eigenvalue weighted by Crippen LogP contribution is 2.38. The molecule has 2 amide bonds. The number of ether oxygens (including phenoxy) is 1. The van der Waals surface area contributed by atoms with Crippen molar-refractivity contribution in [3.8, 4) is 11.8 Å². The van der Waals surface area contributed by atoms with Gasteiger partial charge in [-0.3, -0.25) is 4.90 Å². The molecule has 1 aromatic heterocycles. The Morgan fingerprint density at radius 2 is 2.31 bits per heavy atom. The Bertz CT molecular complexity index is 1000. The Kier molecular flexibility index (Phi) is 5.43. The van der Waals surface area contributed by atoms with Crippen LogP contribution >= 0.6 is 11.3 Å². The number of hydrogen-bond donors (Lipinski definition) is 3. The van der Waals surface area contributed by atoms with E-state index in [2.05, 4.69) is 16.7 Å². The number of nitrogens with one attached hydrogen (secondary N) is 2. The van der Waals surface area contributed by atoms with Crippen LogP contribution in [-0.2, 0) is 6.54 Å². The lowest BCUT2D eigenvalue weighted by molar-refractivity contribution is 0.168. The number of nitrogens with zero attached hydrogens (tertiary/aromatic N) is 2. The number of anilines is 1. The second-order valence-corrected chi connectivity index (χ2v) is 8.18. The summed E-state index contributed by atoms with van der Waals surface area (Å²) in [6, 6.07) is 9.10. The third kappa shape index (κ3) is 3.92. The van der Waals surface area contributed by atoms with Gasteiger partial charge in [-0.2, -0.15) is 5.26 Å². The number of allylic oxidation sites excluding steroid dienone is 1. The molecule has 0 spiro atoms. The van der Waals surface area contributed by atoms with E-state index >= 15 is 0 Å². The molecule has 0 radical (unpaired) electrons. The van der Waals surface area contributed by atoms with Gasteiger partial charge in [-0.1, -0.05) is 0 Å². The molecule has 8 heteroatoms. The quantitative estimate of drug-likeness (QED) is 0.718. The summed E-state index contributed by atoms with van der Waals surface area (Å²) in [5.74, 6) is 0.631. The van der Waals surface area contributed by atoms with Crippen molar-refractivity contribution in [3.05, 3.63) is 51.3 Å². The van der Waals surface area contributed by atoms with Crippen LogP contribution in [0.15, 0.2) is 35.3 Å². The van der Waals surface area contributed by atoms with Crippen LogP contribution in [0.5, 0.6) is 5.75 Å². The van der Waals surface area contributed by atoms with E-state index in [-0.39, 0.29) is 6.10 Å². The molecule has 29 heavy (non-hydrogen) atoms. The van der Waals surface area contributed by atoms with E-state index in [0.29, 0.717) is 17.9 Å². The maximum Gasteiger partial charge on any atom is 0.319 e. The van der Waals surface area contributed by atoms with Gasteiger partial charge in [-0.25, -0.2) is 4.79 Å². The first-order valence-corrected chi connectivity index (χ1v) is 10.5. The van der Waals surface area contributed by atoms with Crippen LogP contribution in [0.3, 0.4) is 0 Å². The van der Waals surface area contributed by atoms with E-state index in [9.17, 15) is 10.1 Å². The fraction of sp³-hybridized carbons (Fsp3) is 0.333. The van der Waals surface area contributed by atoms with Crippen molar-refractivity contribution in [1.29, 1.82) is 5.26 Å². The largest absolute Gasteiger partial charge is 0.487 e. The summed E-state index contributed by atoms with van der Waals surface area (Å²) in [6.07, 6.45) is 2.08. The third-order valence-electron chi connectivity index (χ3n) is 5.26. The van der Waals surface area contributed by atoms with Gasteiger partial charge in [0.05, 0.1) is 29.6 Å². The predicted molar refractivity (Wildman–Crippen MR) is 113 cm³/mol. The van der Waals surface area contributed by atoms with Gasteiger partial charge in [0.25, 0.3) is 0 Å². The molecule has 150 valence electrons. The number of hydrogen-bond acceptors (Lipinski definition) is 6. The standard InChI is InChI=1S/C21H23N5O2S/c1-13-20(16-6-8-29-19(16)12-26(13)21(23)27)25-17-5-4-14(10-22)9-18(17)28-15-3-2-7-24-11-15/h4-6,8-9,15,24-25H,2-3,7,11-12H2,1H3,(H2,23,27). The first kappa shape index (κ1) is 19.3. The Labute approximate surface area is 173 Å². The summed E-state index contributed by atoms with van der Waals surface area (Å²) in [4.78, 5) is 14.6. The molecule has 1 saturated heterocycles. The molecule has 1 unspecified atom stereocenters. The first-order valence-electron chi connectivity index (χ1n) is 9.60. The minimum atomic E-state index is -0.481. The maximum absolute atomic E-state index is 11.9. The van der Waals surface area contributed by atoms with Crippen molar-refractivity contribution in [3.63, 3.8) is 0 Å². The summed E-state index contributed by atoms with van der Waals surface area (Å²) < 4.78 is 6.25. The minimum Gasteiger partial charge on any atom is -0.487 e. The third-order valence-corrected chi connectivity index (χ3v) is 6.17. The number of rotatable bonds is 4. The van der Waals surface area contributed by atoms with Gasteiger partial charge in [0.1, 0.15) is 11.9 Å². The molecular formula is C21H23N5O2S. The summed E-state index contributed by atoms with van der Waals surface area (Å²) in [6.45, 7) is 4.13. The number of nitrogens with two attached hydrogens (primary N) is 1. The first-order chi connectivity index (χ1) is 14.1. The van der Waals surface area contributed by atoms with Crippen molar-refractivity contribution in [2.24, 2.45) is 5.73 Å². The maximum atomic E-state index is 11.9. The molecule has 1 fully saturated rings. The average molecular weight is 410 g/mol. The van der Waals surface area contributed by atoms with E-state index in [1.54, 1.807) is 28.4 Å². The van der Waals surface area contributed by atoms with Gasteiger partial charge in [0, 0.05) is 28.7 Å². The van der Waals surface area contributed by atoms with Gasteiger partial charge < -0.3 is 21.1 Å². The van der Waals surface area contributed by atoms with Gasteiger partial charge in [-0.05, 0) is 49.9 Å². The zero-order chi connectivity index (χ0) is 20.4. The van der Waals surface area contributed by atoms with Crippen LogP contribution in [0.25, 0.3) is 5.70 Å².